The first-order chi connectivity index (χ1) is 7.41. The van der Waals surface area contributed by atoms with E-state index < -0.39 is 9.58 Å². The van der Waals surface area contributed by atoms with Crippen LogP contribution < -0.4 is 0 Å². The molecular weight excluding hydrogens is 270 g/mol. The van der Waals surface area contributed by atoms with Crippen molar-refractivity contribution < 1.29 is 4.79 Å². The summed E-state index contributed by atoms with van der Waals surface area (Å²) < 4.78 is -0.303. The van der Waals surface area contributed by atoms with Crippen LogP contribution >= 0.6 is 34.8 Å². The molecule has 0 saturated carbocycles. The second-order valence-corrected chi connectivity index (χ2v) is 5.61. The van der Waals surface area contributed by atoms with Crippen molar-refractivity contribution in [3.8, 4) is 0 Å². The predicted molar refractivity (Wildman–Crippen MR) is 64.5 cm³/mol. The number of imidazole rings is 1. The van der Waals surface area contributed by atoms with Crippen molar-refractivity contribution in [3.05, 3.63) is 35.8 Å². The molecule has 0 aliphatic heterocycles. The van der Waals surface area contributed by atoms with E-state index in [9.17, 15) is 4.79 Å². The first kappa shape index (κ1) is 11.7. The molecule has 0 aliphatic carbocycles. The Kier molecular flexibility index (Phi) is 2.86. The van der Waals surface area contributed by atoms with E-state index in [1.165, 1.54) is 6.20 Å². The Morgan fingerprint density at radius 2 is 2.06 bits per heavy atom. The lowest BCUT2D eigenvalue weighted by Crippen LogP contribution is -2.21. The number of alkyl halides is 3. The molecule has 2 rings (SSSR count). The van der Waals surface area contributed by atoms with Crippen LogP contribution in [0.3, 0.4) is 0 Å². The number of ketones is 1. The van der Waals surface area contributed by atoms with Crippen LogP contribution in [-0.2, 0) is 0 Å². The molecule has 0 fully saturated rings. The van der Waals surface area contributed by atoms with E-state index in [2.05, 4.69) is 4.98 Å². The third-order valence-corrected chi connectivity index (χ3v) is 2.73. The van der Waals surface area contributed by atoms with Crippen molar-refractivity contribution >= 4 is 46.2 Å². The molecule has 0 spiro atoms. The minimum absolute atomic E-state index is 0.271. The Hall–Kier alpha value is -0.770. The maximum Gasteiger partial charge on any atom is 0.255 e. The first-order valence-electron chi connectivity index (χ1n) is 4.46. The molecule has 0 atom stereocenters. The summed E-state index contributed by atoms with van der Waals surface area (Å²) in [6.45, 7) is 1.85. The molecular formula is C10H7Cl3N2O. The van der Waals surface area contributed by atoms with E-state index in [4.69, 9.17) is 34.8 Å². The highest BCUT2D eigenvalue weighted by Gasteiger charge is 2.33. The molecule has 0 saturated heterocycles. The van der Waals surface area contributed by atoms with Gasteiger partial charge in [-0.1, -0.05) is 40.9 Å². The molecule has 6 heteroatoms. The monoisotopic (exact) mass is 276 g/mol. The van der Waals surface area contributed by atoms with E-state index in [1.54, 1.807) is 10.5 Å². The number of fused-ring (bicyclic) bond motifs is 1. The van der Waals surface area contributed by atoms with Gasteiger partial charge in [0.05, 0.1) is 6.20 Å². The van der Waals surface area contributed by atoms with E-state index in [-0.39, 0.29) is 5.69 Å². The SMILES string of the molecule is Cc1cccc2ncc(C(=O)C(Cl)(Cl)Cl)n12. The standard InChI is InChI=1S/C10H7Cl3N2O/c1-6-3-2-4-8-14-5-7(15(6)8)9(16)10(11,12)13/h2-5H,1H3. The van der Waals surface area contributed by atoms with Crippen LogP contribution in [0, 0.1) is 6.92 Å². The summed E-state index contributed by atoms with van der Waals surface area (Å²) in [7, 11) is 0. The summed E-state index contributed by atoms with van der Waals surface area (Å²) >= 11 is 16.7. The van der Waals surface area contributed by atoms with Gasteiger partial charge in [-0.3, -0.25) is 9.20 Å². The lowest BCUT2D eigenvalue weighted by Gasteiger charge is -2.09. The highest BCUT2D eigenvalue weighted by atomic mass is 35.6. The molecule has 2 aromatic rings. The molecule has 0 aromatic carbocycles. The smallest absolute Gasteiger partial charge is 0.255 e. The van der Waals surface area contributed by atoms with Crippen molar-refractivity contribution in [3.63, 3.8) is 0 Å². The third kappa shape index (κ3) is 1.90. The van der Waals surface area contributed by atoms with Gasteiger partial charge in [0.2, 0.25) is 5.78 Å². The molecule has 2 heterocycles. The number of aromatic nitrogens is 2. The summed E-state index contributed by atoms with van der Waals surface area (Å²) in [5.74, 6) is -0.584. The molecule has 3 nitrogen and oxygen atoms in total. The molecule has 0 amide bonds. The van der Waals surface area contributed by atoms with Crippen LogP contribution in [0.15, 0.2) is 24.4 Å². The maximum absolute atomic E-state index is 11.8. The highest BCUT2D eigenvalue weighted by molar-refractivity contribution is 6.77. The number of hydrogen-bond donors (Lipinski definition) is 0. The topological polar surface area (TPSA) is 34.4 Å². The van der Waals surface area contributed by atoms with Gasteiger partial charge in [0, 0.05) is 5.69 Å². The normalized spacial score (nSPS) is 12.0. The van der Waals surface area contributed by atoms with Gasteiger partial charge in [-0.05, 0) is 19.1 Å². The molecule has 0 bridgehead atoms. The van der Waals surface area contributed by atoms with Crippen LogP contribution in [0.25, 0.3) is 5.65 Å². The fourth-order valence-corrected chi connectivity index (χ4v) is 1.80. The van der Waals surface area contributed by atoms with E-state index in [1.807, 2.05) is 19.1 Å². The van der Waals surface area contributed by atoms with Gasteiger partial charge in [0.1, 0.15) is 11.3 Å². The Morgan fingerprint density at radius 1 is 1.38 bits per heavy atom. The van der Waals surface area contributed by atoms with E-state index in [0.29, 0.717) is 5.65 Å². The average molecular weight is 278 g/mol. The first-order valence-corrected chi connectivity index (χ1v) is 5.59. The highest BCUT2D eigenvalue weighted by Crippen LogP contribution is 2.30. The molecule has 0 unspecified atom stereocenters. The zero-order valence-electron chi connectivity index (χ0n) is 8.25. The number of pyridine rings is 1. The zero-order chi connectivity index (χ0) is 11.9. The minimum atomic E-state index is -1.96. The molecule has 0 N–H and O–H groups in total. The number of aryl methyl sites for hydroxylation is 1. The molecule has 0 radical (unpaired) electrons. The van der Waals surface area contributed by atoms with Gasteiger partial charge in [-0.2, -0.15) is 0 Å². The Bertz CT molecular complexity index is 557. The lowest BCUT2D eigenvalue weighted by atomic mass is 10.3. The Morgan fingerprint density at radius 3 is 2.69 bits per heavy atom. The number of hydrogen-bond acceptors (Lipinski definition) is 2. The van der Waals surface area contributed by atoms with Crippen molar-refractivity contribution in [1.29, 1.82) is 0 Å². The number of carbonyl (C=O) groups excluding carboxylic acids is 1. The van der Waals surface area contributed by atoms with Gasteiger partial charge in [0.25, 0.3) is 3.79 Å². The minimum Gasteiger partial charge on any atom is -0.294 e. The summed E-state index contributed by atoms with van der Waals surface area (Å²) in [4.78, 5) is 15.9. The molecule has 2 aromatic heterocycles. The van der Waals surface area contributed by atoms with Gasteiger partial charge >= 0.3 is 0 Å². The predicted octanol–water partition coefficient (Wildman–Crippen LogP) is 3.20. The summed E-state index contributed by atoms with van der Waals surface area (Å²) in [6.07, 6.45) is 1.41. The second kappa shape index (κ2) is 3.91. The average Bonchev–Trinajstić information content (AvgIpc) is 2.60. The zero-order valence-corrected chi connectivity index (χ0v) is 10.5. The van der Waals surface area contributed by atoms with Crippen molar-refractivity contribution in [2.45, 2.75) is 10.7 Å². The van der Waals surface area contributed by atoms with Crippen LogP contribution in [-0.4, -0.2) is 19.0 Å². The van der Waals surface area contributed by atoms with E-state index >= 15 is 0 Å². The number of rotatable bonds is 1. The van der Waals surface area contributed by atoms with Gasteiger partial charge < -0.3 is 0 Å². The van der Waals surface area contributed by atoms with Crippen LogP contribution in [0.2, 0.25) is 0 Å². The van der Waals surface area contributed by atoms with Crippen LogP contribution in [0.1, 0.15) is 16.2 Å². The largest absolute Gasteiger partial charge is 0.294 e. The number of halogens is 3. The maximum atomic E-state index is 11.8. The number of Topliss-reactive ketones (excluding diaryl/α,β-unsaturated/α-hetero) is 1. The number of carbonyl (C=O) groups is 1. The summed E-state index contributed by atoms with van der Waals surface area (Å²) in [5.41, 5.74) is 1.78. The van der Waals surface area contributed by atoms with Gasteiger partial charge in [-0.15, -0.1) is 0 Å². The number of nitrogens with zero attached hydrogens (tertiary/aromatic N) is 2. The Balaban J connectivity index is 2.67. The van der Waals surface area contributed by atoms with E-state index in [0.717, 1.165) is 5.69 Å². The second-order valence-electron chi connectivity index (χ2n) is 3.33. The van der Waals surface area contributed by atoms with Crippen LogP contribution in [0.5, 0.6) is 0 Å². The summed E-state index contributed by atoms with van der Waals surface area (Å²) in [6, 6.07) is 5.48. The molecule has 16 heavy (non-hydrogen) atoms. The fourth-order valence-electron chi connectivity index (χ4n) is 1.51. The van der Waals surface area contributed by atoms with Crippen molar-refractivity contribution in [2.24, 2.45) is 0 Å². The Labute approximate surface area is 107 Å². The quantitative estimate of drug-likeness (QED) is 0.592. The summed E-state index contributed by atoms with van der Waals surface area (Å²) in [5, 5.41) is 0. The van der Waals surface area contributed by atoms with Gasteiger partial charge in [0.15, 0.2) is 0 Å². The van der Waals surface area contributed by atoms with Crippen LogP contribution in [0.4, 0.5) is 0 Å². The fraction of sp³-hybridized carbons (Fsp3) is 0.200. The molecule has 0 aliphatic rings. The van der Waals surface area contributed by atoms with Gasteiger partial charge in [-0.25, -0.2) is 4.98 Å². The third-order valence-electron chi connectivity index (χ3n) is 2.21. The lowest BCUT2D eigenvalue weighted by molar-refractivity contribution is 0.0990. The molecule has 84 valence electrons. The van der Waals surface area contributed by atoms with Crippen molar-refractivity contribution in [2.75, 3.05) is 0 Å². The van der Waals surface area contributed by atoms with Crippen molar-refractivity contribution in [1.82, 2.24) is 9.38 Å².